The zero-order chi connectivity index (χ0) is 30.2. The molecule has 0 radical (unpaired) electrons. The number of pyridine rings is 1. The standard InChI is InChI=1S/C29H29F3N4O6/c1-41-29(40)36-26(25(16-2-6-18(30)7-3-16)17-4-8-19(31)9-5-17)27(37)35-23-14-33-13-22(32)21(23)11-10-20-12-34-24(15-42-20)28(38)39/h2-9,13-14,20,24-26,34H,10-12,15H2,1H3,(H,35,37)(H,36,40)(H,38,39)/t20-,24+,26+/m1/s1. The third kappa shape index (κ3) is 7.62. The normalized spacial score (nSPS) is 17.4. The Bertz CT molecular complexity index is 1350. The fraction of sp³-hybridized carbons (Fsp3) is 0.310. The lowest BCUT2D eigenvalue weighted by atomic mass is 9.84. The first-order valence-electron chi connectivity index (χ1n) is 13.0. The Labute approximate surface area is 239 Å². The van der Waals surface area contributed by atoms with Gasteiger partial charge in [0.2, 0.25) is 5.91 Å². The van der Waals surface area contributed by atoms with E-state index >= 15 is 0 Å². The van der Waals surface area contributed by atoms with E-state index in [1.807, 2.05) is 0 Å². The number of carbonyl (C=O) groups is 3. The maximum atomic E-state index is 14.9. The molecule has 4 N–H and O–H groups in total. The van der Waals surface area contributed by atoms with Gasteiger partial charge in [0.1, 0.15) is 29.5 Å². The van der Waals surface area contributed by atoms with Crippen LogP contribution in [0.15, 0.2) is 60.9 Å². The number of ether oxygens (including phenoxy) is 2. The molecular formula is C29H29F3N4O6. The summed E-state index contributed by atoms with van der Waals surface area (Å²) in [6.45, 7) is 0.199. The number of nitrogens with one attached hydrogen (secondary N) is 3. The quantitative estimate of drug-likeness (QED) is 0.284. The van der Waals surface area contributed by atoms with Crippen LogP contribution in [0.25, 0.3) is 0 Å². The highest BCUT2D eigenvalue weighted by atomic mass is 19.1. The minimum atomic E-state index is -1.37. The number of aromatic nitrogens is 1. The lowest BCUT2D eigenvalue weighted by molar-refractivity contribution is -0.144. The lowest BCUT2D eigenvalue weighted by Crippen LogP contribution is -2.50. The predicted octanol–water partition coefficient (Wildman–Crippen LogP) is 3.37. The van der Waals surface area contributed by atoms with Crippen LogP contribution in [0.1, 0.15) is 29.0 Å². The molecule has 222 valence electrons. The molecule has 0 saturated carbocycles. The number of alkyl carbamates (subject to hydrolysis) is 1. The number of hydrogen-bond donors (Lipinski definition) is 4. The SMILES string of the molecule is COC(=O)N[C@H](C(=O)Nc1cncc(F)c1CC[C@@H]1CN[C@H](C(=O)O)CO1)C(c1ccc(F)cc1)c1ccc(F)cc1. The molecule has 0 unspecified atom stereocenters. The number of nitrogens with zero attached hydrogens (tertiary/aromatic N) is 1. The zero-order valence-corrected chi connectivity index (χ0v) is 22.5. The topological polar surface area (TPSA) is 139 Å². The highest BCUT2D eigenvalue weighted by molar-refractivity contribution is 5.98. The lowest BCUT2D eigenvalue weighted by Gasteiger charge is -2.29. The summed E-state index contributed by atoms with van der Waals surface area (Å²) in [6, 6.07) is 8.29. The Morgan fingerprint density at radius 3 is 2.19 bits per heavy atom. The second-order valence-electron chi connectivity index (χ2n) is 9.62. The van der Waals surface area contributed by atoms with Crippen molar-refractivity contribution in [1.29, 1.82) is 0 Å². The number of morpholine rings is 1. The van der Waals surface area contributed by atoms with Crippen LogP contribution in [0.4, 0.5) is 23.7 Å². The van der Waals surface area contributed by atoms with Crippen molar-refractivity contribution in [1.82, 2.24) is 15.6 Å². The van der Waals surface area contributed by atoms with Crippen molar-refractivity contribution in [2.45, 2.75) is 36.9 Å². The van der Waals surface area contributed by atoms with E-state index < -0.39 is 59.5 Å². The number of carbonyl (C=O) groups excluding carboxylic acids is 2. The van der Waals surface area contributed by atoms with E-state index in [1.54, 1.807) is 0 Å². The van der Waals surface area contributed by atoms with Crippen LogP contribution in [0, 0.1) is 17.5 Å². The first-order valence-corrected chi connectivity index (χ1v) is 13.0. The number of carboxylic acids is 1. The molecule has 1 fully saturated rings. The van der Waals surface area contributed by atoms with Gasteiger partial charge in [-0.3, -0.25) is 19.9 Å². The number of benzene rings is 2. The van der Waals surface area contributed by atoms with Crippen molar-refractivity contribution in [2.75, 3.05) is 25.6 Å². The van der Waals surface area contributed by atoms with Gasteiger partial charge in [0.15, 0.2) is 0 Å². The summed E-state index contributed by atoms with van der Waals surface area (Å²) < 4.78 is 52.8. The van der Waals surface area contributed by atoms with Gasteiger partial charge in [-0.05, 0) is 48.2 Å². The van der Waals surface area contributed by atoms with E-state index in [9.17, 15) is 27.6 Å². The van der Waals surface area contributed by atoms with Crippen LogP contribution in [0.3, 0.4) is 0 Å². The first kappa shape index (κ1) is 30.5. The first-order chi connectivity index (χ1) is 20.2. The van der Waals surface area contributed by atoms with Crippen LogP contribution in [-0.4, -0.2) is 66.5 Å². The Morgan fingerprint density at radius 2 is 1.67 bits per heavy atom. The van der Waals surface area contributed by atoms with Crippen LogP contribution in [0.2, 0.25) is 0 Å². The molecule has 13 heteroatoms. The van der Waals surface area contributed by atoms with Gasteiger partial charge in [0.25, 0.3) is 0 Å². The maximum Gasteiger partial charge on any atom is 0.407 e. The van der Waals surface area contributed by atoms with Gasteiger partial charge in [0.05, 0.1) is 37.9 Å². The number of aliphatic carboxylic acids is 1. The molecule has 4 rings (SSSR count). The van der Waals surface area contributed by atoms with Crippen molar-refractivity contribution >= 4 is 23.7 Å². The number of carboxylic acid groups (broad SMARTS) is 1. The van der Waals surface area contributed by atoms with Gasteiger partial charge in [-0.1, -0.05) is 24.3 Å². The summed E-state index contributed by atoms with van der Waals surface area (Å²) in [5.41, 5.74) is 1.03. The van der Waals surface area contributed by atoms with E-state index in [2.05, 4.69) is 20.9 Å². The molecule has 3 aromatic rings. The second-order valence-corrected chi connectivity index (χ2v) is 9.62. The van der Waals surface area contributed by atoms with Crippen LogP contribution in [-0.2, 0) is 25.5 Å². The molecule has 1 aliphatic rings. The van der Waals surface area contributed by atoms with Crippen LogP contribution >= 0.6 is 0 Å². The number of amides is 2. The molecule has 0 spiro atoms. The number of halogens is 3. The minimum Gasteiger partial charge on any atom is -0.480 e. The summed E-state index contributed by atoms with van der Waals surface area (Å²) in [7, 11) is 1.12. The smallest absolute Gasteiger partial charge is 0.407 e. The Morgan fingerprint density at radius 1 is 1.05 bits per heavy atom. The molecule has 2 aromatic carbocycles. The summed E-state index contributed by atoms with van der Waals surface area (Å²) in [5, 5.41) is 17.1. The third-order valence-electron chi connectivity index (χ3n) is 6.90. The van der Waals surface area contributed by atoms with Gasteiger partial charge in [-0.2, -0.15) is 0 Å². The summed E-state index contributed by atoms with van der Waals surface area (Å²) in [4.78, 5) is 41.1. The van der Waals surface area contributed by atoms with Crippen LogP contribution < -0.4 is 16.0 Å². The van der Waals surface area contributed by atoms with E-state index in [4.69, 9.17) is 14.6 Å². The highest BCUT2D eigenvalue weighted by Gasteiger charge is 2.34. The molecule has 1 aliphatic heterocycles. The predicted molar refractivity (Wildman–Crippen MR) is 144 cm³/mol. The molecule has 10 nitrogen and oxygen atoms in total. The molecule has 2 amide bonds. The third-order valence-corrected chi connectivity index (χ3v) is 6.90. The Kier molecular flexibility index (Phi) is 10.1. The van der Waals surface area contributed by atoms with Crippen LogP contribution in [0.5, 0.6) is 0 Å². The summed E-state index contributed by atoms with van der Waals surface area (Å²) >= 11 is 0. The van der Waals surface area contributed by atoms with Gasteiger partial charge in [-0.25, -0.2) is 18.0 Å². The summed E-state index contributed by atoms with van der Waals surface area (Å²) in [6.07, 6.45) is 1.34. The molecular weight excluding hydrogens is 557 g/mol. The minimum absolute atomic E-state index is 0.0424. The monoisotopic (exact) mass is 586 g/mol. The molecule has 42 heavy (non-hydrogen) atoms. The largest absolute Gasteiger partial charge is 0.480 e. The number of rotatable bonds is 10. The fourth-order valence-electron chi connectivity index (χ4n) is 4.71. The van der Waals surface area contributed by atoms with Crippen molar-refractivity contribution in [2.24, 2.45) is 0 Å². The fourth-order valence-corrected chi connectivity index (χ4v) is 4.71. The number of methoxy groups -OCH3 is 1. The van der Waals surface area contributed by atoms with E-state index in [1.165, 1.54) is 54.7 Å². The van der Waals surface area contributed by atoms with Crippen molar-refractivity contribution in [3.8, 4) is 0 Å². The van der Waals surface area contributed by atoms with Gasteiger partial charge in [0, 0.05) is 18.0 Å². The molecule has 0 bridgehead atoms. The Balaban J connectivity index is 1.61. The van der Waals surface area contributed by atoms with Gasteiger partial charge in [-0.15, -0.1) is 0 Å². The van der Waals surface area contributed by atoms with Crippen molar-refractivity contribution < 1.29 is 42.1 Å². The zero-order valence-electron chi connectivity index (χ0n) is 22.5. The van der Waals surface area contributed by atoms with Crippen molar-refractivity contribution in [3.05, 3.63) is 95.1 Å². The van der Waals surface area contributed by atoms with Gasteiger partial charge < -0.3 is 25.2 Å². The van der Waals surface area contributed by atoms with E-state index in [-0.39, 0.29) is 30.8 Å². The molecule has 3 atom stereocenters. The van der Waals surface area contributed by atoms with E-state index in [0.29, 0.717) is 17.5 Å². The Hall–Kier alpha value is -4.49. The van der Waals surface area contributed by atoms with Crippen molar-refractivity contribution in [3.63, 3.8) is 0 Å². The van der Waals surface area contributed by atoms with E-state index in [0.717, 1.165) is 13.3 Å². The highest BCUT2D eigenvalue weighted by Crippen LogP contribution is 2.30. The average molecular weight is 587 g/mol. The summed E-state index contributed by atoms with van der Waals surface area (Å²) in [5.74, 6) is -4.47. The number of hydrogen-bond acceptors (Lipinski definition) is 7. The second kappa shape index (κ2) is 13.9. The molecule has 1 saturated heterocycles. The molecule has 2 heterocycles. The molecule has 0 aliphatic carbocycles. The molecule has 1 aromatic heterocycles. The number of anilines is 1. The van der Waals surface area contributed by atoms with Gasteiger partial charge >= 0.3 is 12.1 Å². The average Bonchev–Trinajstić information content (AvgIpc) is 2.98. The maximum absolute atomic E-state index is 14.9.